The van der Waals surface area contributed by atoms with E-state index in [-0.39, 0.29) is 18.0 Å². The molecule has 0 atom stereocenters. The fourth-order valence-electron chi connectivity index (χ4n) is 1.13. The Bertz CT molecular complexity index is 342. The number of benzene rings is 1. The molecule has 5 nitrogen and oxygen atoms in total. The third-order valence-corrected chi connectivity index (χ3v) is 1.86. The predicted molar refractivity (Wildman–Crippen MR) is 50.2 cm³/mol. The summed E-state index contributed by atoms with van der Waals surface area (Å²) in [5, 5.41) is 10.7. The van der Waals surface area contributed by atoms with Crippen LogP contribution in [0.1, 0.15) is 5.56 Å². The number of hydrogen-bond acceptors (Lipinski definition) is 4. The molecular formula is C8H8NO4Si. The summed E-state index contributed by atoms with van der Waals surface area (Å²) in [7, 11) is 4.19. The minimum atomic E-state index is -0.487. The van der Waals surface area contributed by atoms with E-state index in [1.165, 1.54) is 13.2 Å². The molecule has 0 aromatic heterocycles. The van der Waals surface area contributed by atoms with Crippen LogP contribution in [0.5, 0.6) is 5.75 Å². The quantitative estimate of drug-likeness (QED) is 0.425. The number of methoxy groups -OCH3 is 1. The van der Waals surface area contributed by atoms with Gasteiger partial charge in [0.2, 0.25) is 10.5 Å². The molecule has 1 aromatic carbocycles. The third kappa shape index (κ3) is 2.09. The second kappa shape index (κ2) is 4.73. The molecule has 0 fully saturated rings. The molecule has 0 aliphatic carbocycles. The van der Waals surface area contributed by atoms with Crippen LogP contribution in [0.25, 0.3) is 0 Å². The number of hydrogen-bond donors (Lipinski definition) is 0. The molecule has 0 amide bonds. The molecule has 0 saturated heterocycles. The van der Waals surface area contributed by atoms with Crippen molar-refractivity contribution in [2.45, 2.75) is 6.61 Å². The lowest BCUT2D eigenvalue weighted by atomic mass is 10.2. The maximum Gasteiger partial charge on any atom is 0.316 e. The van der Waals surface area contributed by atoms with Crippen molar-refractivity contribution in [3.8, 4) is 5.75 Å². The van der Waals surface area contributed by atoms with E-state index < -0.39 is 4.92 Å². The smallest absolute Gasteiger partial charge is 0.316 e. The lowest BCUT2D eigenvalue weighted by Gasteiger charge is -2.05. The molecule has 0 spiro atoms. The number of ether oxygens (including phenoxy) is 1. The fraction of sp³-hybridized carbons (Fsp3) is 0.250. The average molecular weight is 210 g/mol. The maximum absolute atomic E-state index is 10.7. The maximum atomic E-state index is 10.7. The summed E-state index contributed by atoms with van der Waals surface area (Å²) in [6.07, 6.45) is 0. The summed E-state index contributed by atoms with van der Waals surface area (Å²) >= 11 is 0. The highest BCUT2D eigenvalue weighted by Crippen LogP contribution is 2.30. The summed E-state index contributed by atoms with van der Waals surface area (Å²) in [5.74, 6) is 0.233. The zero-order valence-corrected chi connectivity index (χ0v) is 8.52. The van der Waals surface area contributed by atoms with Crippen LogP contribution >= 0.6 is 0 Å². The van der Waals surface area contributed by atoms with Gasteiger partial charge in [-0.1, -0.05) is 6.07 Å². The molecule has 0 aliphatic heterocycles. The first-order valence-electron chi connectivity index (χ1n) is 3.79. The first kappa shape index (κ1) is 10.7. The minimum absolute atomic E-state index is 0.0618. The van der Waals surface area contributed by atoms with E-state index in [4.69, 9.17) is 4.74 Å². The van der Waals surface area contributed by atoms with Gasteiger partial charge in [-0.2, -0.15) is 0 Å². The van der Waals surface area contributed by atoms with Crippen molar-refractivity contribution in [2.24, 2.45) is 0 Å². The third-order valence-electron chi connectivity index (χ3n) is 1.71. The van der Waals surface area contributed by atoms with Gasteiger partial charge in [0.1, 0.15) is 0 Å². The van der Waals surface area contributed by atoms with Crippen LogP contribution in [0.3, 0.4) is 0 Å². The van der Waals surface area contributed by atoms with E-state index in [1.54, 1.807) is 12.1 Å². The molecule has 14 heavy (non-hydrogen) atoms. The molecule has 0 unspecified atom stereocenters. The Labute approximate surface area is 84.3 Å². The minimum Gasteiger partial charge on any atom is -0.490 e. The molecule has 0 N–H and O–H groups in total. The van der Waals surface area contributed by atoms with E-state index >= 15 is 0 Å². The Morgan fingerprint density at radius 3 is 2.79 bits per heavy atom. The molecule has 0 saturated carbocycles. The van der Waals surface area contributed by atoms with Crippen LogP contribution in [-0.2, 0) is 11.0 Å². The second-order valence-corrected chi connectivity index (χ2v) is 2.80. The summed E-state index contributed by atoms with van der Waals surface area (Å²) in [6.45, 7) is 0.115. The van der Waals surface area contributed by atoms with E-state index in [1.807, 2.05) is 0 Å². The zero-order chi connectivity index (χ0) is 10.6. The summed E-state index contributed by atoms with van der Waals surface area (Å²) in [6, 6.07) is 4.82. The van der Waals surface area contributed by atoms with Crippen molar-refractivity contribution in [1.82, 2.24) is 0 Å². The van der Waals surface area contributed by atoms with Gasteiger partial charge in [-0.25, -0.2) is 0 Å². The van der Waals surface area contributed by atoms with E-state index in [9.17, 15) is 10.1 Å². The van der Waals surface area contributed by atoms with Gasteiger partial charge in [0.05, 0.1) is 24.2 Å². The largest absolute Gasteiger partial charge is 0.490 e. The number of para-hydroxylation sites is 1. The monoisotopic (exact) mass is 210 g/mol. The highest BCUT2D eigenvalue weighted by Gasteiger charge is 2.19. The molecule has 0 bridgehead atoms. The predicted octanol–water partition coefficient (Wildman–Crippen LogP) is 1.20. The summed E-state index contributed by atoms with van der Waals surface area (Å²) in [4.78, 5) is 10.2. The van der Waals surface area contributed by atoms with Crippen molar-refractivity contribution < 1.29 is 14.1 Å². The van der Waals surface area contributed by atoms with Crippen molar-refractivity contribution in [1.29, 1.82) is 0 Å². The van der Waals surface area contributed by atoms with E-state index in [2.05, 4.69) is 14.9 Å². The van der Waals surface area contributed by atoms with Crippen molar-refractivity contribution in [3.05, 3.63) is 33.9 Å². The average Bonchev–Trinajstić information content (AvgIpc) is 2.17. The van der Waals surface area contributed by atoms with E-state index in [0.29, 0.717) is 5.56 Å². The van der Waals surface area contributed by atoms with Crippen molar-refractivity contribution in [2.75, 3.05) is 7.11 Å². The molecule has 1 rings (SSSR count). The number of rotatable bonds is 4. The van der Waals surface area contributed by atoms with Gasteiger partial charge in [0.15, 0.2) is 5.75 Å². The lowest BCUT2D eigenvalue weighted by molar-refractivity contribution is -0.386. The second-order valence-electron chi connectivity index (χ2n) is 2.51. The molecule has 6 heteroatoms. The van der Waals surface area contributed by atoms with Gasteiger partial charge in [-0.15, -0.1) is 0 Å². The first-order chi connectivity index (χ1) is 6.70. The Kier molecular flexibility index (Phi) is 3.61. The van der Waals surface area contributed by atoms with E-state index in [0.717, 1.165) is 0 Å². The summed E-state index contributed by atoms with van der Waals surface area (Å²) in [5.41, 5.74) is 0.401. The molecule has 73 valence electrons. The molecule has 1 aromatic rings. The molecular weight excluding hydrogens is 202 g/mol. The topological polar surface area (TPSA) is 61.6 Å². The molecule has 3 radical (unpaired) electrons. The van der Waals surface area contributed by atoms with Crippen molar-refractivity contribution >= 4 is 16.2 Å². The highest BCUT2D eigenvalue weighted by molar-refractivity contribution is 5.97. The molecule has 0 aliphatic rings. The Balaban J connectivity index is 3.20. The van der Waals surface area contributed by atoms with Gasteiger partial charge in [-0.05, 0) is 12.1 Å². The highest BCUT2D eigenvalue weighted by atomic mass is 28.2. The van der Waals surface area contributed by atoms with Crippen LogP contribution in [0, 0.1) is 10.1 Å². The number of nitrogens with zero attached hydrogens (tertiary/aromatic N) is 1. The lowest BCUT2D eigenvalue weighted by Crippen LogP contribution is -2.00. The summed E-state index contributed by atoms with van der Waals surface area (Å²) < 4.78 is 9.54. The van der Waals surface area contributed by atoms with Crippen LogP contribution in [-0.4, -0.2) is 22.5 Å². The molecule has 0 heterocycles. The Morgan fingerprint density at radius 2 is 2.29 bits per heavy atom. The normalized spacial score (nSPS) is 9.86. The SMILES string of the molecule is COc1cccc(CO[Si])c1[N+](=O)[O-]. The standard InChI is InChI=1S/C8H8NO4Si/c1-12-7-4-2-3-6(5-13-14)8(7)9(10)11/h2-4H,5H2,1H3. The fourth-order valence-corrected chi connectivity index (χ4v) is 1.29. The zero-order valence-electron chi connectivity index (χ0n) is 7.52. The first-order valence-corrected chi connectivity index (χ1v) is 4.20. The van der Waals surface area contributed by atoms with Gasteiger partial charge in [0, 0.05) is 0 Å². The van der Waals surface area contributed by atoms with Crippen LogP contribution in [0.4, 0.5) is 5.69 Å². The van der Waals surface area contributed by atoms with Gasteiger partial charge in [-0.3, -0.25) is 10.1 Å². The van der Waals surface area contributed by atoms with Crippen LogP contribution in [0.2, 0.25) is 0 Å². The Hall–Kier alpha value is -1.40. The van der Waals surface area contributed by atoms with Crippen LogP contribution < -0.4 is 4.74 Å². The van der Waals surface area contributed by atoms with Gasteiger partial charge in [0.25, 0.3) is 0 Å². The van der Waals surface area contributed by atoms with Crippen LogP contribution in [0.15, 0.2) is 18.2 Å². The Morgan fingerprint density at radius 1 is 1.57 bits per heavy atom. The number of nitro benzene ring substituents is 1. The van der Waals surface area contributed by atoms with Crippen molar-refractivity contribution in [3.63, 3.8) is 0 Å². The number of nitro groups is 1. The van der Waals surface area contributed by atoms with Gasteiger partial charge < -0.3 is 9.16 Å². The van der Waals surface area contributed by atoms with Gasteiger partial charge >= 0.3 is 5.69 Å².